The highest BCUT2D eigenvalue weighted by atomic mass is 32.1. The molecule has 0 fully saturated rings. The molecule has 0 amide bonds. The molecule has 0 heterocycles. The Balaban J connectivity index is 2.04. The molecule has 22 heavy (non-hydrogen) atoms. The molecule has 0 spiro atoms. The molecule has 116 valence electrons. The van der Waals surface area contributed by atoms with Crippen molar-refractivity contribution in [1.29, 1.82) is 0 Å². The van der Waals surface area contributed by atoms with Crippen molar-refractivity contribution in [3.63, 3.8) is 0 Å². The summed E-state index contributed by atoms with van der Waals surface area (Å²) in [6.45, 7) is 6.86. The smallest absolute Gasteiger partial charge is 0.175 e. The Morgan fingerprint density at radius 3 is 2.41 bits per heavy atom. The Kier molecular flexibility index (Phi) is 5.78. The Morgan fingerprint density at radius 1 is 1.05 bits per heavy atom. The van der Waals surface area contributed by atoms with E-state index in [1.165, 1.54) is 11.1 Å². The lowest BCUT2D eigenvalue weighted by molar-refractivity contribution is 0.340. The molecular formula is C18H22N2OS. The average molecular weight is 314 g/mol. The first-order chi connectivity index (χ1) is 10.6. The van der Waals surface area contributed by atoms with Crippen molar-refractivity contribution in [2.45, 2.75) is 27.2 Å². The molecule has 0 atom stereocenters. The number of para-hydroxylation sites is 1. The van der Waals surface area contributed by atoms with Crippen molar-refractivity contribution < 1.29 is 4.74 Å². The molecule has 0 aliphatic carbocycles. The summed E-state index contributed by atoms with van der Waals surface area (Å²) in [6.07, 6.45) is 0.968. The Morgan fingerprint density at radius 2 is 1.77 bits per heavy atom. The van der Waals surface area contributed by atoms with Gasteiger partial charge in [-0.3, -0.25) is 0 Å². The fraction of sp³-hybridized carbons (Fsp3) is 0.278. The van der Waals surface area contributed by atoms with Crippen LogP contribution in [0.4, 0.5) is 11.4 Å². The highest BCUT2D eigenvalue weighted by molar-refractivity contribution is 7.80. The summed E-state index contributed by atoms with van der Waals surface area (Å²) in [5, 5.41) is 7.10. The molecule has 3 nitrogen and oxygen atoms in total. The van der Waals surface area contributed by atoms with Crippen LogP contribution >= 0.6 is 12.2 Å². The van der Waals surface area contributed by atoms with Crippen molar-refractivity contribution in [3.8, 4) is 5.75 Å². The maximum absolute atomic E-state index is 5.43. The summed E-state index contributed by atoms with van der Waals surface area (Å²) >= 11 is 5.42. The average Bonchev–Trinajstić information content (AvgIpc) is 2.51. The van der Waals surface area contributed by atoms with E-state index in [2.05, 4.69) is 42.7 Å². The second kappa shape index (κ2) is 7.80. The van der Waals surface area contributed by atoms with E-state index >= 15 is 0 Å². The van der Waals surface area contributed by atoms with Crippen LogP contribution in [0.25, 0.3) is 0 Å². The summed E-state index contributed by atoms with van der Waals surface area (Å²) in [5.74, 6) is 0.860. The zero-order valence-electron chi connectivity index (χ0n) is 13.3. The first kappa shape index (κ1) is 16.3. The van der Waals surface area contributed by atoms with Crippen LogP contribution in [-0.4, -0.2) is 11.7 Å². The van der Waals surface area contributed by atoms with Gasteiger partial charge in [-0.1, -0.05) is 25.1 Å². The molecule has 0 aromatic heterocycles. The van der Waals surface area contributed by atoms with Crippen LogP contribution < -0.4 is 15.4 Å². The van der Waals surface area contributed by atoms with E-state index in [-0.39, 0.29) is 0 Å². The molecule has 0 saturated carbocycles. The quantitative estimate of drug-likeness (QED) is 0.779. The van der Waals surface area contributed by atoms with Crippen molar-refractivity contribution in [3.05, 3.63) is 53.6 Å². The molecule has 0 radical (unpaired) electrons. The molecule has 4 heteroatoms. The normalized spacial score (nSPS) is 10.1. The molecule has 0 saturated heterocycles. The topological polar surface area (TPSA) is 33.3 Å². The number of thiocarbonyl (C=S) groups is 1. The molecule has 0 aliphatic rings. The first-order valence-electron chi connectivity index (χ1n) is 7.53. The predicted octanol–water partition coefficient (Wildman–Crippen LogP) is 4.77. The predicted molar refractivity (Wildman–Crippen MR) is 98.0 cm³/mol. The number of aryl methyl sites for hydroxylation is 2. The van der Waals surface area contributed by atoms with E-state index in [9.17, 15) is 0 Å². The second-order valence-corrected chi connectivity index (χ2v) is 5.41. The third-order valence-electron chi connectivity index (χ3n) is 3.40. The fourth-order valence-corrected chi connectivity index (χ4v) is 2.50. The lowest BCUT2D eigenvalue weighted by atomic mass is 10.1. The van der Waals surface area contributed by atoms with Crippen LogP contribution in [-0.2, 0) is 6.42 Å². The summed E-state index contributed by atoms with van der Waals surface area (Å²) < 4.78 is 5.43. The van der Waals surface area contributed by atoms with Crippen LogP contribution in [0.15, 0.2) is 42.5 Å². The van der Waals surface area contributed by atoms with Gasteiger partial charge in [0, 0.05) is 11.4 Å². The molecule has 2 aromatic carbocycles. The van der Waals surface area contributed by atoms with Crippen molar-refractivity contribution >= 4 is 28.7 Å². The molecule has 2 rings (SSSR count). The first-order valence-corrected chi connectivity index (χ1v) is 7.94. The lowest BCUT2D eigenvalue weighted by Crippen LogP contribution is -2.20. The van der Waals surface area contributed by atoms with Gasteiger partial charge in [0.05, 0.1) is 6.61 Å². The number of ether oxygens (including phenoxy) is 1. The number of hydrogen-bond acceptors (Lipinski definition) is 2. The van der Waals surface area contributed by atoms with Gasteiger partial charge in [-0.25, -0.2) is 0 Å². The molecule has 2 N–H and O–H groups in total. The van der Waals surface area contributed by atoms with Crippen molar-refractivity contribution in [2.24, 2.45) is 0 Å². The number of rotatable bonds is 5. The van der Waals surface area contributed by atoms with Crippen LogP contribution in [0, 0.1) is 6.92 Å². The minimum atomic E-state index is 0.591. The number of anilines is 2. The van der Waals surface area contributed by atoms with E-state index in [0.29, 0.717) is 11.7 Å². The third-order valence-corrected chi connectivity index (χ3v) is 3.61. The van der Waals surface area contributed by atoms with Gasteiger partial charge in [0.15, 0.2) is 5.11 Å². The maximum Gasteiger partial charge on any atom is 0.175 e. The Bertz CT molecular complexity index is 638. The van der Waals surface area contributed by atoms with E-state index in [1.807, 2.05) is 31.2 Å². The molecule has 0 bridgehead atoms. The third kappa shape index (κ3) is 4.21. The largest absolute Gasteiger partial charge is 0.494 e. The van der Waals surface area contributed by atoms with Gasteiger partial charge in [0.2, 0.25) is 0 Å². The fourth-order valence-electron chi connectivity index (χ4n) is 2.28. The van der Waals surface area contributed by atoms with Gasteiger partial charge in [-0.05, 0) is 67.9 Å². The van der Waals surface area contributed by atoms with Crippen LogP contribution in [0.1, 0.15) is 25.0 Å². The second-order valence-electron chi connectivity index (χ2n) is 5.00. The van der Waals surface area contributed by atoms with E-state index in [0.717, 1.165) is 23.5 Å². The minimum Gasteiger partial charge on any atom is -0.494 e. The van der Waals surface area contributed by atoms with E-state index < -0.39 is 0 Å². The van der Waals surface area contributed by atoms with E-state index in [1.54, 1.807) is 0 Å². The molecule has 0 unspecified atom stereocenters. The highest BCUT2D eigenvalue weighted by Crippen LogP contribution is 2.22. The van der Waals surface area contributed by atoms with Crippen LogP contribution in [0.3, 0.4) is 0 Å². The lowest BCUT2D eigenvalue weighted by Gasteiger charge is -2.16. The SMILES string of the molecule is CCOc1ccc(NC(=S)Nc2c(C)cccc2CC)cc1. The number of hydrogen-bond donors (Lipinski definition) is 2. The Hall–Kier alpha value is -2.07. The van der Waals surface area contributed by atoms with Gasteiger partial charge in [0.25, 0.3) is 0 Å². The summed E-state index contributed by atoms with van der Waals surface area (Å²) in [7, 11) is 0. The van der Waals surface area contributed by atoms with Crippen LogP contribution in [0.2, 0.25) is 0 Å². The molecule has 0 aliphatic heterocycles. The van der Waals surface area contributed by atoms with Gasteiger partial charge >= 0.3 is 0 Å². The molecule has 2 aromatic rings. The molecular weight excluding hydrogens is 292 g/mol. The Labute approximate surface area is 137 Å². The zero-order chi connectivity index (χ0) is 15.9. The minimum absolute atomic E-state index is 0.591. The van der Waals surface area contributed by atoms with E-state index in [4.69, 9.17) is 17.0 Å². The zero-order valence-corrected chi connectivity index (χ0v) is 14.1. The maximum atomic E-state index is 5.43. The van der Waals surface area contributed by atoms with Gasteiger partial charge in [0.1, 0.15) is 5.75 Å². The summed E-state index contributed by atoms with van der Waals surface area (Å²) in [4.78, 5) is 0. The summed E-state index contributed by atoms with van der Waals surface area (Å²) in [6, 6.07) is 14.0. The van der Waals surface area contributed by atoms with Crippen molar-refractivity contribution in [1.82, 2.24) is 0 Å². The summed E-state index contributed by atoms with van der Waals surface area (Å²) in [5.41, 5.74) is 4.48. The van der Waals surface area contributed by atoms with Gasteiger partial charge < -0.3 is 15.4 Å². The monoisotopic (exact) mass is 314 g/mol. The van der Waals surface area contributed by atoms with Crippen LogP contribution in [0.5, 0.6) is 5.75 Å². The number of benzene rings is 2. The number of nitrogens with one attached hydrogen (secondary N) is 2. The van der Waals surface area contributed by atoms with Crippen molar-refractivity contribution in [2.75, 3.05) is 17.2 Å². The van der Waals surface area contributed by atoms with Gasteiger partial charge in [-0.2, -0.15) is 0 Å². The highest BCUT2D eigenvalue weighted by Gasteiger charge is 2.06. The standard InChI is InChI=1S/C18H22N2OS/c1-4-14-8-6-7-13(3)17(14)20-18(22)19-15-9-11-16(12-10-15)21-5-2/h6-12H,4-5H2,1-3H3,(H2,19,20,22). The van der Waals surface area contributed by atoms with Gasteiger partial charge in [-0.15, -0.1) is 0 Å².